The van der Waals surface area contributed by atoms with Gasteiger partial charge < -0.3 is 20.3 Å². The molecule has 0 bridgehead atoms. The lowest BCUT2D eigenvalue weighted by molar-refractivity contribution is -0.138. The first-order valence-electron chi connectivity index (χ1n) is 6.56. The molecule has 20 heavy (non-hydrogen) atoms. The van der Waals surface area contributed by atoms with Crippen molar-refractivity contribution in [3.63, 3.8) is 0 Å². The molecule has 8 heteroatoms. The molecule has 1 fully saturated rings. The third-order valence-electron chi connectivity index (χ3n) is 3.41. The quantitative estimate of drug-likeness (QED) is 0.740. The Morgan fingerprint density at radius 2 is 2.10 bits per heavy atom. The monoisotopic (exact) mass is 282 g/mol. The fourth-order valence-corrected chi connectivity index (χ4v) is 2.54. The number of carbonyl (C=O) groups is 2. The minimum absolute atomic E-state index is 0.0538. The van der Waals surface area contributed by atoms with E-state index in [2.05, 4.69) is 20.8 Å². The Balaban J connectivity index is 1.87. The number of carboxylic acids is 1. The van der Waals surface area contributed by atoms with E-state index in [1.807, 2.05) is 0 Å². The maximum atomic E-state index is 11.9. The van der Waals surface area contributed by atoms with Gasteiger partial charge in [0, 0.05) is 6.92 Å². The highest BCUT2D eigenvalue weighted by Crippen LogP contribution is 2.32. The average molecular weight is 282 g/mol. The summed E-state index contributed by atoms with van der Waals surface area (Å²) < 4.78 is 4.79. The number of urea groups is 1. The second kappa shape index (κ2) is 5.89. The van der Waals surface area contributed by atoms with Crippen LogP contribution in [0.1, 0.15) is 43.8 Å². The largest absolute Gasteiger partial charge is 0.481 e. The molecule has 0 atom stereocenters. The standard InChI is InChI=1S/C12H18N4O4/c1-8-14-9(16-20-8)7-13-11(19)15-12(6-10(17)18)4-2-3-5-12/h2-7H2,1H3,(H,17,18)(H2,13,15,19). The number of aromatic nitrogens is 2. The Kier molecular flexibility index (Phi) is 4.21. The highest BCUT2D eigenvalue weighted by molar-refractivity contribution is 5.76. The van der Waals surface area contributed by atoms with Crippen LogP contribution in [0.5, 0.6) is 0 Å². The first-order chi connectivity index (χ1) is 9.49. The number of hydrogen-bond acceptors (Lipinski definition) is 5. The molecular weight excluding hydrogens is 264 g/mol. The van der Waals surface area contributed by atoms with Gasteiger partial charge in [-0.3, -0.25) is 4.79 Å². The molecule has 0 unspecified atom stereocenters. The van der Waals surface area contributed by atoms with Gasteiger partial charge in [0.2, 0.25) is 5.89 Å². The Hall–Kier alpha value is -2.12. The van der Waals surface area contributed by atoms with Crippen molar-refractivity contribution in [2.45, 2.75) is 51.1 Å². The van der Waals surface area contributed by atoms with Gasteiger partial charge in [0.05, 0.1) is 18.5 Å². The van der Waals surface area contributed by atoms with Crippen LogP contribution in [-0.2, 0) is 11.3 Å². The van der Waals surface area contributed by atoms with Crippen LogP contribution >= 0.6 is 0 Å². The van der Waals surface area contributed by atoms with Gasteiger partial charge in [-0.25, -0.2) is 4.79 Å². The van der Waals surface area contributed by atoms with Crippen LogP contribution in [0.25, 0.3) is 0 Å². The molecule has 0 saturated heterocycles. The number of aryl methyl sites for hydroxylation is 1. The summed E-state index contributed by atoms with van der Waals surface area (Å²) in [4.78, 5) is 26.8. The summed E-state index contributed by atoms with van der Waals surface area (Å²) in [6, 6.07) is -0.407. The van der Waals surface area contributed by atoms with E-state index in [-0.39, 0.29) is 13.0 Å². The van der Waals surface area contributed by atoms with Gasteiger partial charge >= 0.3 is 12.0 Å². The van der Waals surface area contributed by atoms with Crippen molar-refractivity contribution in [2.24, 2.45) is 0 Å². The number of nitrogens with zero attached hydrogens (tertiary/aromatic N) is 2. The fourth-order valence-electron chi connectivity index (χ4n) is 2.54. The first kappa shape index (κ1) is 14.3. The summed E-state index contributed by atoms with van der Waals surface area (Å²) in [5.41, 5.74) is -0.636. The van der Waals surface area contributed by atoms with E-state index in [0.717, 1.165) is 12.8 Å². The summed E-state index contributed by atoms with van der Waals surface area (Å²) >= 11 is 0. The molecule has 0 spiro atoms. The predicted octanol–water partition coefficient (Wildman–Crippen LogP) is 0.965. The van der Waals surface area contributed by atoms with Crippen LogP contribution < -0.4 is 10.6 Å². The highest BCUT2D eigenvalue weighted by Gasteiger charge is 2.37. The molecule has 1 aromatic heterocycles. The molecule has 1 heterocycles. The van der Waals surface area contributed by atoms with Crippen LogP contribution in [-0.4, -0.2) is 32.8 Å². The number of carbonyl (C=O) groups excluding carboxylic acids is 1. The Morgan fingerprint density at radius 3 is 2.65 bits per heavy atom. The number of carboxylic acid groups (broad SMARTS) is 1. The van der Waals surface area contributed by atoms with Crippen molar-refractivity contribution in [1.82, 2.24) is 20.8 Å². The van der Waals surface area contributed by atoms with Crippen LogP contribution in [0.4, 0.5) is 4.79 Å². The number of aliphatic carboxylic acids is 1. The molecule has 1 saturated carbocycles. The zero-order chi connectivity index (χ0) is 14.6. The molecule has 0 aromatic carbocycles. The predicted molar refractivity (Wildman–Crippen MR) is 67.9 cm³/mol. The van der Waals surface area contributed by atoms with Crippen LogP contribution in [0.2, 0.25) is 0 Å². The minimum atomic E-state index is -0.902. The van der Waals surface area contributed by atoms with E-state index >= 15 is 0 Å². The van der Waals surface area contributed by atoms with Crippen molar-refractivity contribution in [3.8, 4) is 0 Å². The molecule has 1 aliphatic rings. The van der Waals surface area contributed by atoms with E-state index in [1.165, 1.54) is 0 Å². The number of hydrogen-bond donors (Lipinski definition) is 3. The molecule has 1 aromatic rings. The third-order valence-corrected chi connectivity index (χ3v) is 3.41. The van der Waals surface area contributed by atoms with Gasteiger partial charge in [-0.05, 0) is 12.8 Å². The highest BCUT2D eigenvalue weighted by atomic mass is 16.5. The van der Waals surface area contributed by atoms with Gasteiger partial charge in [-0.15, -0.1) is 0 Å². The van der Waals surface area contributed by atoms with Crippen LogP contribution in [0.15, 0.2) is 4.52 Å². The molecule has 8 nitrogen and oxygen atoms in total. The lowest BCUT2D eigenvalue weighted by Gasteiger charge is -2.28. The Morgan fingerprint density at radius 1 is 1.40 bits per heavy atom. The lowest BCUT2D eigenvalue weighted by atomic mass is 9.93. The van der Waals surface area contributed by atoms with Crippen LogP contribution in [0.3, 0.4) is 0 Å². The van der Waals surface area contributed by atoms with E-state index < -0.39 is 17.5 Å². The molecule has 1 aliphatic carbocycles. The Labute approximate surface area is 115 Å². The third kappa shape index (κ3) is 3.69. The van der Waals surface area contributed by atoms with Crippen molar-refractivity contribution in [1.29, 1.82) is 0 Å². The molecule has 0 radical (unpaired) electrons. The second-order valence-electron chi connectivity index (χ2n) is 5.10. The smallest absolute Gasteiger partial charge is 0.315 e. The molecule has 0 aliphatic heterocycles. The van der Waals surface area contributed by atoms with Gasteiger partial charge in [-0.1, -0.05) is 18.0 Å². The molecule has 2 amide bonds. The normalized spacial score (nSPS) is 16.9. The minimum Gasteiger partial charge on any atom is -0.481 e. The fraction of sp³-hybridized carbons (Fsp3) is 0.667. The van der Waals surface area contributed by atoms with Crippen molar-refractivity contribution in [2.75, 3.05) is 0 Å². The summed E-state index contributed by atoms with van der Waals surface area (Å²) in [6.45, 7) is 1.81. The van der Waals surface area contributed by atoms with E-state index in [9.17, 15) is 9.59 Å². The zero-order valence-electron chi connectivity index (χ0n) is 11.3. The summed E-state index contributed by atoms with van der Waals surface area (Å²) in [5, 5.41) is 18.0. The molecule has 2 rings (SSSR count). The van der Waals surface area contributed by atoms with Crippen LogP contribution in [0, 0.1) is 6.92 Å². The topological polar surface area (TPSA) is 117 Å². The molecular formula is C12H18N4O4. The maximum Gasteiger partial charge on any atom is 0.315 e. The van der Waals surface area contributed by atoms with E-state index in [4.69, 9.17) is 9.63 Å². The SMILES string of the molecule is Cc1nc(CNC(=O)NC2(CC(=O)O)CCCC2)no1. The molecule has 3 N–H and O–H groups in total. The first-order valence-corrected chi connectivity index (χ1v) is 6.56. The van der Waals surface area contributed by atoms with E-state index in [1.54, 1.807) is 6.92 Å². The number of nitrogens with one attached hydrogen (secondary N) is 2. The summed E-state index contributed by atoms with van der Waals surface area (Å²) in [5.74, 6) is -0.0855. The maximum absolute atomic E-state index is 11.9. The van der Waals surface area contributed by atoms with Crippen molar-refractivity contribution in [3.05, 3.63) is 11.7 Å². The number of rotatable bonds is 5. The van der Waals surface area contributed by atoms with Gasteiger partial charge in [0.1, 0.15) is 0 Å². The average Bonchev–Trinajstić information content (AvgIpc) is 2.95. The lowest BCUT2D eigenvalue weighted by Crippen LogP contribution is -2.51. The van der Waals surface area contributed by atoms with Gasteiger partial charge in [-0.2, -0.15) is 4.98 Å². The number of amides is 2. The Bertz CT molecular complexity index is 493. The van der Waals surface area contributed by atoms with Gasteiger partial charge in [0.15, 0.2) is 5.82 Å². The van der Waals surface area contributed by atoms with E-state index in [0.29, 0.717) is 24.6 Å². The molecule has 110 valence electrons. The second-order valence-corrected chi connectivity index (χ2v) is 5.10. The summed E-state index contributed by atoms with van der Waals surface area (Å²) in [6.07, 6.45) is 3.18. The summed E-state index contributed by atoms with van der Waals surface area (Å²) in [7, 11) is 0. The zero-order valence-corrected chi connectivity index (χ0v) is 11.3. The van der Waals surface area contributed by atoms with Crippen molar-refractivity contribution < 1.29 is 19.2 Å². The van der Waals surface area contributed by atoms with Crippen molar-refractivity contribution >= 4 is 12.0 Å². The van der Waals surface area contributed by atoms with Gasteiger partial charge in [0.25, 0.3) is 0 Å².